The largest absolute Gasteiger partial charge is 0.501 e. The molecule has 0 saturated carbocycles. The number of hydrogen-bond donors (Lipinski definition) is 0. The molecule has 0 saturated heterocycles. The Bertz CT molecular complexity index is 691. The molecule has 0 spiro atoms. The molecule has 2 aromatic heterocycles. The van der Waals surface area contributed by atoms with Crippen LogP contribution in [-0.2, 0) is 4.74 Å². The van der Waals surface area contributed by atoms with Crippen LogP contribution in [-0.4, -0.2) is 7.11 Å². The number of rotatable bonds is 5. The second-order valence-electron chi connectivity index (χ2n) is 4.83. The van der Waals surface area contributed by atoms with Gasteiger partial charge in [-0.25, -0.2) is 4.79 Å². The zero-order valence-corrected chi connectivity index (χ0v) is 13.2. The normalized spacial score (nSPS) is 12.6. The Morgan fingerprint density at radius 3 is 2.85 bits per heavy atom. The Balaban J connectivity index is 2.71. The lowest BCUT2D eigenvalue weighted by Crippen LogP contribution is -2.09. The molecular weight excluding hydrogens is 272 g/mol. The van der Waals surface area contributed by atoms with E-state index in [1.807, 2.05) is 25.3 Å². The Kier molecular flexibility index (Phi) is 4.65. The van der Waals surface area contributed by atoms with Gasteiger partial charge in [0.05, 0.1) is 23.1 Å². The van der Waals surface area contributed by atoms with E-state index in [0.717, 1.165) is 40.7 Å². The van der Waals surface area contributed by atoms with E-state index in [1.165, 1.54) is 0 Å². The number of fused-ring (bicyclic) bond motifs is 1. The number of ether oxygens (including phenoxy) is 1. The van der Waals surface area contributed by atoms with Crippen LogP contribution >= 0.6 is 11.3 Å². The highest BCUT2D eigenvalue weighted by molar-refractivity contribution is 7.17. The third-order valence-electron chi connectivity index (χ3n) is 3.52. The summed E-state index contributed by atoms with van der Waals surface area (Å²) in [7, 11) is 1.64. The number of thiophene rings is 1. The highest BCUT2D eigenvalue weighted by atomic mass is 32.1. The molecule has 2 heterocycles. The van der Waals surface area contributed by atoms with Gasteiger partial charge in [-0.1, -0.05) is 13.3 Å². The van der Waals surface area contributed by atoms with Crippen LogP contribution in [0.2, 0.25) is 0 Å². The van der Waals surface area contributed by atoms with Crippen molar-refractivity contribution in [3.63, 3.8) is 0 Å². The first-order valence-electron chi connectivity index (χ1n) is 6.85. The van der Waals surface area contributed by atoms with E-state index in [2.05, 4.69) is 6.92 Å². The first-order chi connectivity index (χ1) is 9.60. The summed E-state index contributed by atoms with van der Waals surface area (Å²) in [5, 5.41) is 2.97. The monoisotopic (exact) mass is 292 g/mol. The van der Waals surface area contributed by atoms with E-state index in [9.17, 15) is 4.79 Å². The maximum absolute atomic E-state index is 12.3. The minimum absolute atomic E-state index is 0.268. The highest BCUT2D eigenvalue weighted by Gasteiger charge is 2.18. The van der Waals surface area contributed by atoms with Crippen molar-refractivity contribution in [2.24, 2.45) is 0 Å². The summed E-state index contributed by atoms with van der Waals surface area (Å²) in [4.78, 5) is 12.3. The van der Waals surface area contributed by atoms with Gasteiger partial charge in [0.25, 0.3) is 0 Å². The van der Waals surface area contributed by atoms with Crippen LogP contribution in [0.4, 0.5) is 0 Å². The molecule has 0 aromatic carbocycles. The quantitative estimate of drug-likeness (QED) is 0.748. The van der Waals surface area contributed by atoms with Gasteiger partial charge in [0.2, 0.25) is 0 Å². The average Bonchev–Trinajstić information content (AvgIpc) is 2.91. The Labute approximate surface area is 122 Å². The van der Waals surface area contributed by atoms with Gasteiger partial charge in [-0.05, 0) is 38.1 Å². The predicted molar refractivity (Wildman–Crippen MR) is 84.2 cm³/mol. The minimum atomic E-state index is -0.268. The summed E-state index contributed by atoms with van der Waals surface area (Å²) in [6.45, 7) is 5.88. The molecule has 2 rings (SSSR count). The van der Waals surface area contributed by atoms with Gasteiger partial charge in [0.1, 0.15) is 5.76 Å². The topological polar surface area (TPSA) is 39.4 Å². The number of hydrogen-bond acceptors (Lipinski definition) is 4. The van der Waals surface area contributed by atoms with E-state index >= 15 is 0 Å². The van der Waals surface area contributed by atoms with Crippen molar-refractivity contribution in [2.75, 3.05) is 7.11 Å². The maximum atomic E-state index is 12.3. The fourth-order valence-electron chi connectivity index (χ4n) is 2.36. The highest BCUT2D eigenvalue weighted by Crippen LogP contribution is 2.32. The molecule has 0 bridgehead atoms. The van der Waals surface area contributed by atoms with Gasteiger partial charge < -0.3 is 9.15 Å². The summed E-state index contributed by atoms with van der Waals surface area (Å²) in [6.07, 6.45) is 2.92. The van der Waals surface area contributed by atoms with Crippen LogP contribution in [0, 0.1) is 6.92 Å². The van der Waals surface area contributed by atoms with Crippen molar-refractivity contribution in [1.82, 2.24) is 0 Å². The summed E-state index contributed by atoms with van der Waals surface area (Å²) >= 11 is 1.60. The second kappa shape index (κ2) is 6.27. The smallest absolute Gasteiger partial charge is 0.344 e. The molecule has 0 aliphatic heterocycles. The lowest BCUT2D eigenvalue weighted by molar-refractivity contribution is 0.294. The predicted octanol–water partition coefficient (Wildman–Crippen LogP) is 4.73. The van der Waals surface area contributed by atoms with Gasteiger partial charge in [-0.3, -0.25) is 0 Å². The molecule has 0 N–H and O–H groups in total. The Morgan fingerprint density at radius 2 is 2.20 bits per heavy atom. The van der Waals surface area contributed by atoms with Crippen molar-refractivity contribution in [2.45, 2.75) is 40.0 Å². The van der Waals surface area contributed by atoms with Gasteiger partial charge in [-0.15, -0.1) is 11.3 Å². The van der Waals surface area contributed by atoms with E-state index in [-0.39, 0.29) is 5.63 Å². The van der Waals surface area contributed by atoms with Gasteiger partial charge >= 0.3 is 5.63 Å². The van der Waals surface area contributed by atoms with Gasteiger partial charge in [0, 0.05) is 11.0 Å². The molecule has 0 aliphatic carbocycles. The number of methoxy groups -OCH3 is 1. The fraction of sp³-hybridized carbons (Fsp3) is 0.438. The molecular formula is C16H20O3S. The number of unbranched alkanes of at least 4 members (excludes halogenated alkanes) is 1. The first kappa shape index (κ1) is 14.9. The first-order valence-corrected chi connectivity index (χ1v) is 7.73. The van der Waals surface area contributed by atoms with Gasteiger partial charge in [0.15, 0.2) is 0 Å². The van der Waals surface area contributed by atoms with E-state index in [4.69, 9.17) is 9.15 Å². The van der Waals surface area contributed by atoms with Gasteiger partial charge in [-0.2, -0.15) is 0 Å². The standard InChI is InChI=1S/C16H20O3S/c1-5-6-7-12(10(2)18-4)14-13-8-9-20-15(13)11(3)19-16(14)17/h8-9H,5-7H2,1-4H3/b12-10+. The average molecular weight is 292 g/mol. The molecule has 4 heteroatoms. The zero-order valence-electron chi connectivity index (χ0n) is 12.4. The van der Waals surface area contributed by atoms with E-state index < -0.39 is 0 Å². The van der Waals surface area contributed by atoms with E-state index in [1.54, 1.807) is 18.4 Å². The van der Waals surface area contributed by atoms with Crippen molar-refractivity contribution in [3.05, 3.63) is 38.9 Å². The van der Waals surface area contributed by atoms with Crippen LogP contribution < -0.4 is 5.63 Å². The molecule has 2 aromatic rings. The second-order valence-corrected chi connectivity index (χ2v) is 5.74. The van der Waals surface area contributed by atoms with Crippen molar-refractivity contribution in [3.8, 4) is 0 Å². The van der Waals surface area contributed by atoms with Crippen LogP contribution in [0.5, 0.6) is 0 Å². The summed E-state index contributed by atoms with van der Waals surface area (Å²) in [5.41, 5.74) is 1.36. The molecule has 0 amide bonds. The minimum Gasteiger partial charge on any atom is -0.501 e. The third-order valence-corrected chi connectivity index (χ3v) is 4.53. The molecule has 0 radical (unpaired) electrons. The van der Waals surface area contributed by atoms with Crippen molar-refractivity contribution in [1.29, 1.82) is 0 Å². The lowest BCUT2D eigenvalue weighted by Gasteiger charge is -2.12. The zero-order chi connectivity index (χ0) is 14.7. The summed E-state index contributed by atoms with van der Waals surface area (Å²) in [5.74, 6) is 1.48. The SMILES string of the molecule is CCCC/C(=C(/C)OC)c1c(=O)oc(C)c2sccc12. The van der Waals surface area contributed by atoms with Crippen LogP contribution in [0.3, 0.4) is 0 Å². The third kappa shape index (κ3) is 2.66. The lowest BCUT2D eigenvalue weighted by atomic mass is 9.98. The molecule has 0 aliphatic rings. The molecule has 0 unspecified atom stereocenters. The van der Waals surface area contributed by atoms with Crippen molar-refractivity contribution >= 4 is 27.0 Å². The molecule has 0 fully saturated rings. The molecule has 0 atom stereocenters. The fourth-order valence-corrected chi connectivity index (χ4v) is 3.21. The van der Waals surface area contributed by atoms with E-state index in [0.29, 0.717) is 11.3 Å². The molecule has 108 valence electrons. The van der Waals surface area contributed by atoms with Crippen LogP contribution in [0.1, 0.15) is 44.4 Å². The summed E-state index contributed by atoms with van der Waals surface area (Å²) < 4.78 is 11.8. The molecule has 3 nitrogen and oxygen atoms in total. The number of aryl methyl sites for hydroxylation is 1. The van der Waals surface area contributed by atoms with Crippen LogP contribution in [0.15, 0.2) is 26.4 Å². The number of allylic oxidation sites excluding steroid dienone is 2. The summed E-state index contributed by atoms with van der Waals surface area (Å²) in [6, 6.07) is 1.99. The van der Waals surface area contributed by atoms with Crippen molar-refractivity contribution < 1.29 is 9.15 Å². The maximum Gasteiger partial charge on any atom is 0.344 e. The Morgan fingerprint density at radius 1 is 1.45 bits per heavy atom. The van der Waals surface area contributed by atoms with Crippen LogP contribution in [0.25, 0.3) is 15.7 Å². The Hall–Kier alpha value is -1.55. The molecule has 20 heavy (non-hydrogen) atoms.